The van der Waals surface area contributed by atoms with Crippen molar-refractivity contribution >= 4 is 22.2 Å². The molecule has 158 valence electrons. The Kier molecular flexibility index (Phi) is 4.65. The van der Waals surface area contributed by atoms with Gasteiger partial charge in [-0.2, -0.15) is 5.10 Å². The van der Waals surface area contributed by atoms with Crippen LogP contribution in [0.3, 0.4) is 0 Å². The third kappa shape index (κ3) is 3.57. The quantitative estimate of drug-likeness (QED) is 0.624. The monoisotopic (exact) mass is 414 g/mol. The molecule has 0 atom stereocenters. The fraction of sp³-hybridized carbons (Fsp3) is 0.320. The fourth-order valence-corrected chi connectivity index (χ4v) is 4.65. The van der Waals surface area contributed by atoms with Crippen molar-refractivity contribution in [2.75, 3.05) is 37.9 Å². The molecular weight excluding hydrogens is 388 g/mol. The molecule has 4 heterocycles. The minimum absolute atomic E-state index is 0.304. The number of anilines is 1. The van der Waals surface area contributed by atoms with E-state index in [0.717, 1.165) is 36.7 Å². The minimum Gasteiger partial charge on any atom is -0.454 e. The van der Waals surface area contributed by atoms with Crippen molar-refractivity contribution in [3.63, 3.8) is 0 Å². The molecule has 0 bridgehead atoms. The van der Waals surface area contributed by atoms with Gasteiger partial charge in [0.2, 0.25) is 6.79 Å². The summed E-state index contributed by atoms with van der Waals surface area (Å²) in [5, 5.41) is 5.83. The lowest BCUT2D eigenvalue weighted by Gasteiger charge is -2.23. The Balaban J connectivity index is 1.16. The number of ether oxygens (including phenoxy) is 2. The lowest BCUT2D eigenvalue weighted by molar-refractivity contribution is 0.174. The first-order valence-corrected chi connectivity index (χ1v) is 11.1. The standard InChI is InChI=1S/C25H26N4O2/c1-2-10-27(9-1)13-14-29-23-5-4-22(15-21(23)17-26-29)28-11-7-19(8-12-28)20-3-6-24-25(16-20)31-18-30-24/h3-8,11,15-17H,1-2,9-10,12-14,18H2. The van der Waals surface area contributed by atoms with Gasteiger partial charge in [0.15, 0.2) is 11.5 Å². The molecule has 1 fully saturated rings. The number of rotatable bonds is 5. The van der Waals surface area contributed by atoms with E-state index in [-0.39, 0.29) is 0 Å². The summed E-state index contributed by atoms with van der Waals surface area (Å²) in [6.07, 6.45) is 11.2. The zero-order chi connectivity index (χ0) is 20.6. The zero-order valence-corrected chi connectivity index (χ0v) is 17.5. The van der Waals surface area contributed by atoms with Crippen LogP contribution in [0, 0.1) is 0 Å². The molecule has 31 heavy (non-hydrogen) atoms. The molecule has 1 aromatic heterocycles. The maximum absolute atomic E-state index is 5.51. The van der Waals surface area contributed by atoms with E-state index in [0.29, 0.717) is 6.79 Å². The Morgan fingerprint density at radius 3 is 2.71 bits per heavy atom. The number of likely N-dealkylation sites (tertiary alicyclic amines) is 1. The second-order valence-electron chi connectivity index (χ2n) is 8.36. The van der Waals surface area contributed by atoms with Gasteiger partial charge in [-0.3, -0.25) is 4.68 Å². The SMILES string of the molecule is C1=CN(c2ccc3c(cnn3CCN3CCCC3)c2)CC=C1c1ccc2c(c1)OCO2. The molecule has 3 aliphatic heterocycles. The first kappa shape index (κ1) is 18.5. The van der Waals surface area contributed by atoms with Crippen LogP contribution in [0.4, 0.5) is 5.69 Å². The van der Waals surface area contributed by atoms with E-state index < -0.39 is 0 Å². The minimum atomic E-state index is 0.304. The number of aromatic nitrogens is 2. The molecule has 0 N–H and O–H groups in total. The predicted molar refractivity (Wildman–Crippen MR) is 122 cm³/mol. The lowest BCUT2D eigenvalue weighted by Crippen LogP contribution is -2.24. The molecule has 2 aromatic carbocycles. The number of benzene rings is 2. The molecule has 0 amide bonds. The highest BCUT2D eigenvalue weighted by Crippen LogP contribution is 2.35. The van der Waals surface area contributed by atoms with Crippen LogP contribution in [0.2, 0.25) is 0 Å². The molecule has 6 nitrogen and oxygen atoms in total. The van der Waals surface area contributed by atoms with Crippen LogP contribution in [-0.4, -0.2) is 47.7 Å². The van der Waals surface area contributed by atoms with Crippen LogP contribution >= 0.6 is 0 Å². The highest BCUT2D eigenvalue weighted by atomic mass is 16.7. The van der Waals surface area contributed by atoms with E-state index in [4.69, 9.17) is 9.47 Å². The van der Waals surface area contributed by atoms with Crippen molar-refractivity contribution in [3.05, 3.63) is 66.5 Å². The van der Waals surface area contributed by atoms with Crippen molar-refractivity contribution in [1.82, 2.24) is 14.7 Å². The molecule has 1 saturated heterocycles. The average molecular weight is 415 g/mol. The van der Waals surface area contributed by atoms with Gasteiger partial charge in [0, 0.05) is 30.4 Å². The summed E-state index contributed by atoms with van der Waals surface area (Å²) in [7, 11) is 0. The van der Waals surface area contributed by atoms with Gasteiger partial charge in [0.25, 0.3) is 0 Å². The van der Waals surface area contributed by atoms with Gasteiger partial charge in [-0.1, -0.05) is 12.1 Å². The molecule has 0 radical (unpaired) electrons. The van der Waals surface area contributed by atoms with E-state index in [1.807, 2.05) is 12.3 Å². The third-order valence-electron chi connectivity index (χ3n) is 6.43. The molecular formula is C25H26N4O2. The van der Waals surface area contributed by atoms with E-state index in [1.165, 1.54) is 48.1 Å². The second kappa shape index (κ2) is 7.78. The summed E-state index contributed by atoms with van der Waals surface area (Å²) in [6.45, 7) is 5.63. The summed E-state index contributed by atoms with van der Waals surface area (Å²) >= 11 is 0. The van der Waals surface area contributed by atoms with Crippen LogP contribution in [0.15, 0.2) is 60.9 Å². The summed E-state index contributed by atoms with van der Waals surface area (Å²) in [4.78, 5) is 4.79. The van der Waals surface area contributed by atoms with Gasteiger partial charge < -0.3 is 19.3 Å². The molecule has 6 rings (SSSR count). The lowest BCUT2D eigenvalue weighted by atomic mass is 10.0. The van der Waals surface area contributed by atoms with Crippen molar-refractivity contribution in [3.8, 4) is 11.5 Å². The second-order valence-corrected chi connectivity index (χ2v) is 8.36. The molecule has 0 aliphatic carbocycles. The smallest absolute Gasteiger partial charge is 0.231 e. The van der Waals surface area contributed by atoms with Crippen molar-refractivity contribution < 1.29 is 9.47 Å². The molecule has 6 heteroatoms. The number of fused-ring (bicyclic) bond motifs is 2. The molecule has 3 aromatic rings. The Morgan fingerprint density at radius 2 is 1.84 bits per heavy atom. The van der Waals surface area contributed by atoms with Crippen LogP contribution in [-0.2, 0) is 6.54 Å². The highest BCUT2D eigenvalue weighted by molar-refractivity contribution is 5.84. The number of hydrogen-bond acceptors (Lipinski definition) is 5. The first-order chi connectivity index (χ1) is 15.3. The van der Waals surface area contributed by atoms with Crippen LogP contribution in [0.5, 0.6) is 11.5 Å². The van der Waals surface area contributed by atoms with Crippen LogP contribution in [0.1, 0.15) is 18.4 Å². The van der Waals surface area contributed by atoms with Crippen molar-refractivity contribution in [2.24, 2.45) is 0 Å². The molecule has 0 spiro atoms. The van der Waals surface area contributed by atoms with Gasteiger partial charge in [-0.05, 0) is 73.5 Å². The van der Waals surface area contributed by atoms with Gasteiger partial charge >= 0.3 is 0 Å². The Morgan fingerprint density at radius 1 is 0.935 bits per heavy atom. The zero-order valence-electron chi connectivity index (χ0n) is 17.5. The van der Waals surface area contributed by atoms with Crippen LogP contribution in [0.25, 0.3) is 16.5 Å². The number of allylic oxidation sites excluding steroid dienone is 2. The van der Waals surface area contributed by atoms with E-state index in [1.54, 1.807) is 0 Å². The van der Waals surface area contributed by atoms with E-state index in [9.17, 15) is 0 Å². The van der Waals surface area contributed by atoms with Gasteiger partial charge in [-0.15, -0.1) is 0 Å². The first-order valence-electron chi connectivity index (χ1n) is 11.1. The largest absolute Gasteiger partial charge is 0.454 e. The summed E-state index contributed by atoms with van der Waals surface area (Å²) in [6, 6.07) is 12.7. The van der Waals surface area contributed by atoms with Gasteiger partial charge in [0.05, 0.1) is 18.3 Å². The normalized spacial score (nSPS) is 18.2. The fourth-order valence-electron chi connectivity index (χ4n) is 4.65. The summed E-state index contributed by atoms with van der Waals surface area (Å²) in [5.41, 5.74) is 4.74. The van der Waals surface area contributed by atoms with Gasteiger partial charge in [-0.25, -0.2) is 0 Å². The number of nitrogens with zero attached hydrogens (tertiary/aromatic N) is 4. The molecule has 3 aliphatic rings. The number of hydrogen-bond donors (Lipinski definition) is 0. The van der Waals surface area contributed by atoms with E-state index in [2.05, 4.69) is 68.3 Å². The molecule has 0 unspecified atom stereocenters. The highest BCUT2D eigenvalue weighted by Gasteiger charge is 2.16. The molecule has 0 saturated carbocycles. The maximum Gasteiger partial charge on any atom is 0.231 e. The van der Waals surface area contributed by atoms with Crippen molar-refractivity contribution in [2.45, 2.75) is 19.4 Å². The summed E-state index contributed by atoms with van der Waals surface area (Å²) in [5.74, 6) is 1.64. The Bertz CT molecular complexity index is 1170. The third-order valence-corrected chi connectivity index (χ3v) is 6.43. The van der Waals surface area contributed by atoms with E-state index >= 15 is 0 Å². The Hall–Kier alpha value is -3.25. The average Bonchev–Trinajstić information content (AvgIpc) is 3.58. The predicted octanol–water partition coefficient (Wildman–Crippen LogP) is 4.28. The van der Waals surface area contributed by atoms with Gasteiger partial charge in [0.1, 0.15) is 0 Å². The van der Waals surface area contributed by atoms with Crippen LogP contribution < -0.4 is 14.4 Å². The summed E-state index contributed by atoms with van der Waals surface area (Å²) < 4.78 is 13.1. The Labute approximate surface area is 182 Å². The topological polar surface area (TPSA) is 42.8 Å². The van der Waals surface area contributed by atoms with Crippen molar-refractivity contribution in [1.29, 1.82) is 0 Å². The maximum atomic E-state index is 5.51.